The van der Waals surface area contributed by atoms with Crippen LogP contribution in [0, 0.1) is 6.92 Å². The molecule has 0 spiro atoms. The lowest BCUT2D eigenvalue weighted by atomic mass is 10.1. The Morgan fingerprint density at radius 2 is 2.14 bits per heavy atom. The molecule has 0 saturated carbocycles. The summed E-state index contributed by atoms with van der Waals surface area (Å²) < 4.78 is 5.25. The molecule has 4 heterocycles. The third-order valence-electron chi connectivity index (χ3n) is 4.76. The summed E-state index contributed by atoms with van der Waals surface area (Å²) in [4.78, 5) is 42.0. The number of nitrogens with zero attached hydrogens (tertiary/aromatic N) is 5. The van der Waals surface area contributed by atoms with Gasteiger partial charge in [-0.05, 0) is 25.5 Å². The fourth-order valence-electron chi connectivity index (χ4n) is 3.32. The highest BCUT2D eigenvalue weighted by molar-refractivity contribution is 5.76. The van der Waals surface area contributed by atoms with E-state index in [1.165, 1.54) is 0 Å². The molecule has 0 aromatic carbocycles. The van der Waals surface area contributed by atoms with E-state index < -0.39 is 0 Å². The molecule has 0 bridgehead atoms. The molecule has 9 nitrogen and oxygen atoms in total. The minimum atomic E-state index is -0.106. The normalized spacial score (nSPS) is 13.8. The van der Waals surface area contributed by atoms with Gasteiger partial charge in [0.05, 0.1) is 5.69 Å². The van der Waals surface area contributed by atoms with E-state index in [4.69, 9.17) is 4.52 Å². The maximum atomic E-state index is 12.6. The molecule has 3 aromatic heterocycles. The largest absolute Gasteiger partial charge is 0.342 e. The SMILES string of the molecule is Cc1nc2c(c(=O)[nH]1)CCN(C(=O)CCc1nc(-c3cccnc3)no1)CC2. The molecule has 0 fully saturated rings. The van der Waals surface area contributed by atoms with Crippen LogP contribution in [0.15, 0.2) is 33.8 Å². The monoisotopic (exact) mass is 380 g/mol. The summed E-state index contributed by atoms with van der Waals surface area (Å²) in [6.45, 7) is 2.82. The number of amides is 1. The summed E-state index contributed by atoms with van der Waals surface area (Å²) in [5.41, 5.74) is 2.13. The van der Waals surface area contributed by atoms with Gasteiger partial charge in [-0.3, -0.25) is 14.6 Å². The molecule has 1 amide bonds. The molecule has 0 unspecified atom stereocenters. The Kier molecular flexibility index (Phi) is 4.96. The number of H-pyrrole nitrogens is 1. The number of rotatable bonds is 4. The third kappa shape index (κ3) is 3.83. The van der Waals surface area contributed by atoms with Crippen molar-refractivity contribution < 1.29 is 9.32 Å². The summed E-state index contributed by atoms with van der Waals surface area (Å²) in [6.07, 6.45) is 5.06. The van der Waals surface area contributed by atoms with Crippen molar-refractivity contribution in [3.05, 3.63) is 57.9 Å². The molecule has 144 valence electrons. The van der Waals surface area contributed by atoms with Crippen molar-refractivity contribution in [2.75, 3.05) is 13.1 Å². The second-order valence-corrected chi connectivity index (χ2v) is 6.71. The average Bonchev–Trinajstić information content (AvgIpc) is 3.06. The summed E-state index contributed by atoms with van der Waals surface area (Å²) in [7, 11) is 0. The van der Waals surface area contributed by atoms with Crippen molar-refractivity contribution in [3.63, 3.8) is 0 Å². The van der Waals surface area contributed by atoms with E-state index in [0.29, 0.717) is 55.5 Å². The zero-order valence-corrected chi connectivity index (χ0v) is 15.5. The summed E-state index contributed by atoms with van der Waals surface area (Å²) in [5, 5.41) is 3.94. The van der Waals surface area contributed by atoms with Crippen LogP contribution in [0.2, 0.25) is 0 Å². The molecule has 0 saturated heterocycles. The predicted molar refractivity (Wildman–Crippen MR) is 99.4 cm³/mol. The van der Waals surface area contributed by atoms with Gasteiger partial charge in [-0.15, -0.1) is 0 Å². The lowest BCUT2D eigenvalue weighted by Crippen LogP contribution is -2.33. The number of carbonyl (C=O) groups excluding carboxylic acids is 1. The molecule has 1 aliphatic rings. The van der Waals surface area contributed by atoms with Crippen LogP contribution in [0.1, 0.15) is 29.4 Å². The lowest BCUT2D eigenvalue weighted by molar-refractivity contribution is -0.131. The van der Waals surface area contributed by atoms with Crippen molar-refractivity contribution in [2.24, 2.45) is 0 Å². The summed E-state index contributed by atoms with van der Waals surface area (Å²) >= 11 is 0. The van der Waals surface area contributed by atoms with Gasteiger partial charge in [0.25, 0.3) is 5.56 Å². The first-order valence-electron chi connectivity index (χ1n) is 9.19. The van der Waals surface area contributed by atoms with Gasteiger partial charge >= 0.3 is 0 Å². The van der Waals surface area contributed by atoms with Crippen LogP contribution < -0.4 is 5.56 Å². The maximum absolute atomic E-state index is 12.6. The Balaban J connectivity index is 1.37. The highest BCUT2D eigenvalue weighted by Gasteiger charge is 2.22. The Hall–Kier alpha value is -3.36. The van der Waals surface area contributed by atoms with Crippen LogP contribution in [-0.4, -0.2) is 49.0 Å². The number of fused-ring (bicyclic) bond motifs is 1. The number of aromatic nitrogens is 5. The van der Waals surface area contributed by atoms with Gasteiger partial charge in [-0.25, -0.2) is 4.98 Å². The minimum absolute atomic E-state index is 0.00193. The third-order valence-corrected chi connectivity index (χ3v) is 4.76. The van der Waals surface area contributed by atoms with E-state index in [9.17, 15) is 9.59 Å². The summed E-state index contributed by atoms with van der Waals surface area (Å²) in [5.74, 6) is 1.48. The highest BCUT2D eigenvalue weighted by atomic mass is 16.5. The number of pyridine rings is 1. The number of aryl methyl sites for hydroxylation is 2. The molecule has 0 atom stereocenters. The van der Waals surface area contributed by atoms with Crippen molar-refractivity contribution in [1.82, 2.24) is 30.0 Å². The second-order valence-electron chi connectivity index (χ2n) is 6.71. The number of hydrogen-bond acceptors (Lipinski definition) is 7. The van der Waals surface area contributed by atoms with Crippen LogP contribution in [0.4, 0.5) is 0 Å². The van der Waals surface area contributed by atoms with Crippen LogP contribution in [0.3, 0.4) is 0 Å². The van der Waals surface area contributed by atoms with Gasteiger partial charge < -0.3 is 14.4 Å². The van der Waals surface area contributed by atoms with E-state index in [0.717, 1.165) is 11.3 Å². The van der Waals surface area contributed by atoms with Gasteiger partial charge in [-0.1, -0.05) is 5.16 Å². The maximum Gasteiger partial charge on any atom is 0.254 e. The fraction of sp³-hybridized carbons (Fsp3) is 0.368. The molecular weight excluding hydrogens is 360 g/mol. The van der Waals surface area contributed by atoms with Gasteiger partial charge in [-0.2, -0.15) is 4.98 Å². The van der Waals surface area contributed by atoms with Gasteiger partial charge in [0, 0.05) is 55.9 Å². The zero-order valence-electron chi connectivity index (χ0n) is 15.5. The van der Waals surface area contributed by atoms with Gasteiger partial charge in [0.2, 0.25) is 17.6 Å². The van der Waals surface area contributed by atoms with Crippen molar-refractivity contribution >= 4 is 5.91 Å². The number of hydrogen-bond donors (Lipinski definition) is 1. The molecule has 1 aliphatic heterocycles. The fourth-order valence-corrected chi connectivity index (χ4v) is 3.32. The summed E-state index contributed by atoms with van der Waals surface area (Å²) in [6, 6.07) is 3.65. The van der Waals surface area contributed by atoms with Crippen LogP contribution in [-0.2, 0) is 24.1 Å². The Morgan fingerprint density at radius 1 is 1.29 bits per heavy atom. The van der Waals surface area contributed by atoms with Crippen molar-refractivity contribution in [2.45, 2.75) is 32.6 Å². The molecule has 3 aromatic rings. The highest BCUT2D eigenvalue weighted by Crippen LogP contribution is 2.15. The van der Waals surface area contributed by atoms with E-state index in [-0.39, 0.29) is 17.9 Å². The molecule has 1 N–H and O–H groups in total. The topological polar surface area (TPSA) is 118 Å². The van der Waals surface area contributed by atoms with E-state index in [2.05, 4.69) is 25.1 Å². The molecule has 4 rings (SSSR count). The Morgan fingerprint density at radius 3 is 2.96 bits per heavy atom. The first-order valence-corrected chi connectivity index (χ1v) is 9.19. The predicted octanol–water partition coefficient (Wildman–Crippen LogP) is 1.08. The van der Waals surface area contributed by atoms with E-state index in [1.54, 1.807) is 30.3 Å². The molecule has 0 radical (unpaired) electrons. The zero-order chi connectivity index (χ0) is 19.5. The molecule has 0 aliphatic carbocycles. The van der Waals surface area contributed by atoms with Crippen molar-refractivity contribution in [1.29, 1.82) is 0 Å². The lowest BCUT2D eigenvalue weighted by Gasteiger charge is -2.19. The molecule has 9 heteroatoms. The second kappa shape index (κ2) is 7.71. The first kappa shape index (κ1) is 18.0. The van der Waals surface area contributed by atoms with Gasteiger partial charge in [0.1, 0.15) is 5.82 Å². The van der Waals surface area contributed by atoms with Crippen LogP contribution >= 0.6 is 0 Å². The number of nitrogens with one attached hydrogen (secondary N) is 1. The standard InChI is InChI=1S/C19H20N6O3/c1-12-21-15-7-10-25(9-6-14(15)19(27)22-12)17(26)5-4-16-23-18(24-28-16)13-3-2-8-20-11-13/h2-3,8,11H,4-7,9-10H2,1H3,(H,21,22,27). The quantitative estimate of drug-likeness (QED) is 0.719. The van der Waals surface area contributed by atoms with Crippen LogP contribution in [0.5, 0.6) is 0 Å². The van der Waals surface area contributed by atoms with E-state index >= 15 is 0 Å². The van der Waals surface area contributed by atoms with Crippen molar-refractivity contribution in [3.8, 4) is 11.4 Å². The van der Waals surface area contributed by atoms with Crippen LogP contribution in [0.25, 0.3) is 11.4 Å². The Labute approximate surface area is 160 Å². The minimum Gasteiger partial charge on any atom is -0.342 e. The first-order chi connectivity index (χ1) is 13.6. The smallest absolute Gasteiger partial charge is 0.254 e. The van der Waals surface area contributed by atoms with E-state index in [1.807, 2.05) is 6.07 Å². The Bertz CT molecular complexity index is 1040. The molecular formula is C19H20N6O3. The average molecular weight is 380 g/mol. The number of carbonyl (C=O) groups is 1. The molecule has 28 heavy (non-hydrogen) atoms. The number of aromatic amines is 1. The van der Waals surface area contributed by atoms with Gasteiger partial charge in [0.15, 0.2) is 0 Å².